The Morgan fingerprint density at radius 3 is 2.24 bits per heavy atom. The number of rotatable bonds is 4. The largest absolute Gasteiger partial charge is 0.487 e. The summed E-state index contributed by atoms with van der Waals surface area (Å²) < 4.78 is 31.5. The smallest absolute Gasteiger partial charge is 0.167 e. The molecule has 0 amide bonds. The van der Waals surface area contributed by atoms with E-state index in [0.717, 1.165) is 34.4 Å². The fraction of sp³-hybridized carbons (Fsp3) is 0.294. The number of aliphatic hydroxyl groups excluding tert-OH is 1. The van der Waals surface area contributed by atoms with Crippen molar-refractivity contribution in [2.45, 2.75) is 26.9 Å². The van der Waals surface area contributed by atoms with Crippen LogP contribution in [0.3, 0.4) is 0 Å². The molecule has 0 radical (unpaired) electrons. The molecule has 0 fully saturated rings. The molecule has 0 saturated heterocycles. The molecule has 2 rings (SSSR count). The van der Waals surface area contributed by atoms with Gasteiger partial charge in [-0.15, -0.1) is 0 Å². The molecule has 21 heavy (non-hydrogen) atoms. The lowest BCUT2D eigenvalue weighted by atomic mass is 9.96. The summed E-state index contributed by atoms with van der Waals surface area (Å²) in [5.74, 6) is -1.51. The summed E-state index contributed by atoms with van der Waals surface area (Å²) in [5, 5.41) is 10.3. The third-order valence-corrected chi connectivity index (χ3v) is 3.36. The second-order valence-corrected chi connectivity index (χ2v) is 5.21. The average Bonchev–Trinajstić information content (AvgIpc) is 2.36. The molecule has 0 aliphatic rings. The highest BCUT2D eigenvalue weighted by Crippen LogP contribution is 2.25. The van der Waals surface area contributed by atoms with Crippen LogP contribution in [0.4, 0.5) is 8.78 Å². The lowest BCUT2D eigenvalue weighted by Crippen LogP contribution is -2.13. The minimum Gasteiger partial charge on any atom is -0.487 e. The lowest BCUT2D eigenvalue weighted by Gasteiger charge is -2.18. The highest BCUT2D eigenvalue weighted by molar-refractivity contribution is 5.39. The van der Waals surface area contributed by atoms with Crippen molar-refractivity contribution in [2.75, 3.05) is 6.61 Å². The third-order valence-electron chi connectivity index (χ3n) is 3.36. The van der Waals surface area contributed by atoms with E-state index < -0.39 is 17.7 Å². The molecule has 1 atom stereocenters. The van der Waals surface area contributed by atoms with Crippen molar-refractivity contribution < 1.29 is 18.6 Å². The summed E-state index contributed by atoms with van der Waals surface area (Å²) in [7, 11) is 0. The Kier molecular flexibility index (Phi) is 4.58. The van der Waals surface area contributed by atoms with Crippen LogP contribution >= 0.6 is 0 Å². The van der Waals surface area contributed by atoms with Gasteiger partial charge in [0.25, 0.3) is 0 Å². The lowest BCUT2D eigenvalue weighted by molar-refractivity contribution is 0.104. The van der Waals surface area contributed by atoms with Gasteiger partial charge in [0, 0.05) is 6.07 Å². The first-order valence-electron chi connectivity index (χ1n) is 6.72. The van der Waals surface area contributed by atoms with Gasteiger partial charge in [0.15, 0.2) is 11.6 Å². The molecule has 0 saturated carbocycles. The van der Waals surface area contributed by atoms with Gasteiger partial charge in [0.1, 0.15) is 18.5 Å². The van der Waals surface area contributed by atoms with Gasteiger partial charge >= 0.3 is 0 Å². The van der Waals surface area contributed by atoms with Gasteiger partial charge in [0.2, 0.25) is 0 Å². The maximum atomic E-state index is 13.5. The molecule has 0 aliphatic heterocycles. The summed E-state index contributed by atoms with van der Waals surface area (Å²) >= 11 is 0. The van der Waals surface area contributed by atoms with Crippen LogP contribution in [0, 0.1) is 32.4 Å². The topological polar surface area (TPSA) is 29.5 Å². The summed E-state index contributed by atoms with van der Waals surface area (Å²) in [6.07, 6.45) is -0.866. The number of hydrogen-bond acceptors (Lipinski definition) is 2. The van der Waals surface area contributed by atoms with Gasteiger partial charge in [-0.05, 0) is 49.6 Å². The van der Waals surface area contributed by atoms with Crippen molar-refractivity contribution in [3.8, 4) is 5.75 Å². The molecule has 4 heteroatoms. The Morgan fingerprint density at radius 2 is 1.67 bits per heavy atom. The van der Waals surface area contributed by atoms with Gasteiger partial charge in [0.05, 0.1) is 0 Å². The van der Waals surface area contributed by atoms with Crippen molar-refractivity contribution in [1.29, 1.82) is 0 Å². The van der Waals surface area contributed by atoms with E-state index in [4.69, 9.17) is 4.74 Å². The van der Waals surface area contributed by atoms with E-state index in [1.54, 1.807) is 0 Å². The molecule has 2 nitrogen and oxygen atoms in total. The number of aryl methyl sites for hydroxylation is 3. The first-order valence-corrected chi connectivity index (χ1v) is 6.72. The Labute approximate surface area is 123 Å². The zero-order valence-corrected chi connectivity index (χ0v) is 12.3. The first kappa shape index (κ1) is 15.4. The maximum Gasteiger partial charge on any atom is 0.167 e. The van der Waals surface area contributed by atoms with E-state index in [1.165, 1.54) is 6.07 Å². The SMILES string of the molecule is Cc1cc(C)c(C(O)COc2ccc(F)cc2F)c(C)c1. The zero-order valence-electron chi connectivity index (χ0n) is 12.3. The normalized spacial score (nSPS) is 12.3. The minimum absolute atomic E-state index is 0.0714. The van der Waals surface area contributed by atoms with E-state index in [9.17, 15) is 13.9 Å². The Balaban J connectivity index is 2.13. The number of hydrogen-bond donors (Lipinski definition) is 1. The van der Waals surface area contributed by atoms with E-state index >= 15 is 0 Å². The van der Waals surface area contributed by atoms with Crippen molar-refractivity contribution in [2.24, 2.45) is 0 Å². The number of aliphatic hydroxyl groups is 1. The fourth-order valence-corrected chi connectivity index (χ4v) is 2.56. The van der Waals surface area contributed by atoms with Crippen LogP contribution in [0.15, 0.2) is 30.3 Å². The summed E-state index contributed by atoms with van der Waals surface area (Å²) in [4.78, 5) is 0. The van der Waals surface area contributed by atoms with Gasteiger partial charge in [-0.3, -0.25) is 0 Å². The Morgan fingerprint density at radius 1 is 1.05 bits per heavy atom. The summed E-state index contributed by atoms with van der Waals surface area (Å²) in [6.45, 7) is 5.72. The molecule has 0 heterocycles. The quantitative estimate of drug-likeness (QED) is 0.923. The molecule has 0 bridgehead atoms. The van der Waals surface area contributed by atoms with Crippen molar-refractivity contribution in [1.82, 2.24) is 0 Å². The van der Waals surface area contributed by atoms with Gasteiger partial charge in [-0.2, -0.15) is 0 Å². The minimum atomic E-state index is -0.866. The fourth-order valence-electron chi connectivity index (χ4n) is 2.56. The van der Waals surface area contributed by atoms with E-state index in [0.29, 0.717) is 0 Å². The van der Waals surface area contributed by atoms with E-state index in [2.05, 4.69) is 0 Å². The highest BCUT2D eigenvalue weighted by Gasteiger charge is 2.15. The molecule has 112 valence electrons. The average molecular weight is 292 g/mol. The molecule has 0 spiro atoms. The molecule has 0 aliphatic carbocycles. The highest BCUT2D eigenvalue weighted by atomic mass is 19.1. The molecule has 1 unspecified atom stereocenters. The zero-order chi connectivity index (χ0) is 15.6. The van der Waals surface area contributed by atoms with Crippen molar-refractivity contribution >= 4 is 0 Å². The standard InChI is InChI=1S/C17H18F2O2/c1-10-6-11(2)17(12(3)7-10)15(20)9-21-16-5-4-13(18)8-14(16)19/h4-8,15,20H,9H2,1-3H3. The summed E-state index contributed by atoms with van der Waals surface area (Å²) in [5.41, 5.74) is 3.82. The van der Waals surface area contributed by atoms with Crippen LogP contribution < -0.4 is 4.74 Å². The van der Waals surface area contributed by atoms with Crippen LogP contribution in [0.5, 0.6) is 5.75 Å². The van der Waals surface area contributed by atoms with Gasteiger partial charge in [-0.25, -0.2) is 8.78 Å². The Hall–Kier alpha value is -1.94. The number of benzene rings is 2. The molecule has 0 aromatic heterocycles. The second kappa shape index (κ2) is 6.22. The number of halogens is 2. The van der Waals surface area contributed by atoms with Gasteiger partial charge in [-0.1, -0.05) is 17.7 Å². The summed E-state index contributed by atoms with van der Waals surface area (Å²) in [6, 6.07) is 7.04. The molecular weight excluding hydrogens is 274 g/mol. The van der Waals surface area contributed by atoms with Crippen molar-refractivity contribution in [3.63, 3.8) is 0 Å². The number of ether oxygens (including phenoxy) is 1. The molecule has 2 aromatic rings. The van der Waals surface area contributed by atoms with Gasteiger partial charge < -0.3 is 9.84 Å². The van der Waals surface area contributed by atoms with E-state index in [1.807, 2.05) is 32.9 Å². The van der Waals surface area contributed by atoms with Crippen LogP contribution in [0.1, 0.15) is 28.4 Å². The van der Waals surface area contributed by atoms with Crippen LogP contribution in [-0.2, 0) is 0 Å². The third kappa shape index (κ3) is 3.58. The predicted molar refractivity (Wildman–Crippen MR) is 77.5 cm³/mol. The maximum absolute atomic E-state index is 13.5. The van der Waals surface area contributed by atoms with E-state index in [-0.39, 0.29) is 12.4 Å². The monoisotopic (exact) mass is 292 g/mol. The second-order valence-electron chi connectivity index (χ2n) is 5.21. The van der Waals surface area contributed by atoms with Crippen LogP contribution in [0.2, 0.25) is 0 Å². The Bertz CT molecular complexity index is 630. The van der Waals surface area contributed by atoms with Crippen LogP contribution in [0.25, 0.3) is 0 Å². The predicted octanol–water partition coefficient (Wildman–Crippen LogP) is 4.00. The van der Waals surface area contributed by atoms with Crippen LogP contribution in [-0.4, -0.2) is 11.7 Å². The molecular formula is C17H18F2O2. The first-order chi connectivity index (χ1) is 9.88. The molecule has 1 N–H and O–H groups in total. The molecule has 2 aromatic carbocycles. The van der Waals surface area contributed by atoms with Crippen molar-refractivity contribution in [3.05, 3.63) is 64.2 Å².